The van der Waals surface area contributed by atoms with E-state index in [-0.39, 0.29) is 0 Å². The molecule has 3 heteroatoms. The molecule has 2 nitrogen and oxygen atoms in total. The Balaban J connectivity index is 2.25. The van der Waals surface area contributed by atoms with E-state index in [2.05, 4.69) is 15.9 Å². The maximum atomic E-state index is 9.42. The number of furan rings is 1. The highest BCUT2D eigenvalue weighted by Crippen LogP contribution is 2.25. The number of hydrogen-bond acceptors (Lipinski definition) is 2. The van der Waals surface area contributed by atoms with Crippen LogP contribution in [0.3, 0.4) is 0 Å². The molecule has 1 unspecified atom stereocenters. The third-order valence-corrected chi connectivity index (χ3v) is 3.31. The van der Waals surface area contributed by atoms with Gasteiger partial charge in [-0.25, -0.2) is 0 Å². The average Bonchev–Trinajstić information content (AvgIpc) is 2.78. The van der Waals surface area contributed by atoms with Crippen LogP contribution in [0.25, 0.3) is 17.4 Å². The van der Waals surface area contributed by atoms with Gasteiger partial charge in [0.15, 0.2) is 0 Å². The molecule has 2 aromatic rings. The van der Waals surface area contributed by atoms with Gasteiger partial charge in [-0.1, -0.05) is 28.1 Å². The van der Waals surface area contributed by atoms with E-state index in [0.29, 0.717) is 0 Å². The summed E-state index contributed by atoms with van der Waals surface area (Å²) in [6.07, 6.45) is 1.40. The van der Waals surface area contributed by atoms with Crippen molar-refractivity contribution < 1.29 is 9.52 Å². The van der Waals surface area contributed by atoms with Crippen LogP contribution in [0.5, 0.6) is 0 Å². The molecule has 0 radical (unpaired) electrons. The molecule has 0 aliphatic carbocycles. The van der Waals surface area contributed by atoms with Crippen molar-refractivity contribution in [3.63, 3.8) is 0 Å². The first-order chi connectivity index (χ1) is 8.56. The van der Waals surface area contributed by atoms with Crippen molar-refractivity contribution >= 4 is 22.0 Å². The van der Waals surface area contributed by atoms with Crippen molar-refractivity contribution in [1.82, 2.24) is 0 Å². The molecule has 2 rings (SSSR count). The molecule has 0 bridgehead atoms. The van der Waals surface area contributed by atoms with E-state index in [1.165, 1.54) is 0 Å². The molecule has 1 aromatic heterocycles. The van der Waals surface area contributed by atoms with Crippen molar-refractivity contribution in [3.8, 4) is 11.3 Å². The first kappa shape index (κ1) is 13.1. The van der Waals surface area contributed by atoms with Crippen molar-refractivity contribution in [2.45, 2.75) is 20.0 Å². The number of aliphatic hydroxyl groups is 1. The minimum atomic E-state index is -0.453. The molecule has 0 aliphatic rings. The monoisotopic (exact) mass is 306 g/mol. The average molecular weight is 307 g/mol. The molecule has 1 atom stereocenters. The topological polar surface area (TPSA) is 33.4 Å². The summed E-state index contributed by atoms with van der Waals surface area (Å²) >= 11 is 3.40. The molecule has 0 aliphatic heterocycles. The van der Waals surface area contributed by atoms with E-state index in [4.69, 9.17) is 4.42 Å². The van der Waals surface area contributed by atoms with Crippen LogP contribution in [0, 0.1) is 0 Å². The summed E-state index contributed by atoms with van der Waals surface area (Å²) in [6, 6.07) is 11.8. The first-order valence-electron chi connectivity index (χ1n) is 5.78. The zero-order valence-electron chi connectivity index (χ0n) is 10.4. The molecule has 1 N–H and O–H groups in total. The van der Waals surface area contributed by atoms with Gasteiger partial charge >= 0.3 is 0 Å². The standard InChI is InChI=1S/C15H15BrO2/c1-10(11(2)17)9-14-7-8-15(18-14)12-3-5-13(16)6-4-12/h3-9,11,17H,1-2H3/b10-9+. The van der Waals surface area contributed by atoms with Crippen molar-refractivity contribution in [1.29, 1.82) is 0 Å². The summed E-state index contributed by atoms with van der Waals surface area (Å²) in [5.41, 5.74) is 1.92. The molecule has 0 spiro atoms. The molecular weight excluding hydrogens is 292 g/mol. The third kappa shape index (κ3) is 3.12. The van der Waals surface area contributed by atoms with Gasteiger partial charge in [0.05, 0.1) is 6.10 Å². The molecule has 0 fully saturated rings. The van der Waals surface area contributed by atoms with Crippen molar-refractivity contribution in [3.05, 3.63) is 52.2 Å². The lowest BCUT2D eigenvalue weighted by atomic mass is 10.1. The summed E-state index contributed by atoms with van der Waals surface area (Å²) < 4.78 is 6.77. The van der Waals surface area contributed by atoms with Gasteiger partial charge in [0, 0.05) is 10.0 Å². The minimum Gasteiger partial charge on any atom is -0.457 e. The van der Waals surface area contributed by atoms with Gasteiger partial charge in [-0.3, -0.25) is 0 Å². The van der Waals surface area contributed by atoms with Gasteiger partial charge in [0.1, 0.15) is 11.5 Å². The first-order valence-corrected chi connectivity index (χ1v) is 6.57. The van der Waals surface area contributed by atoms with Gasteiger partial charge in [-0.15, -0.1) is 0 Å². The molecule has 94 valence electrons. The van der Waals surface area contributed by atoms with E-state index >= 15 is 0 Å². The van der Waals surface area contributed by atoms with E-state index in [1.54, 1.807) is 6.92 Å². The van der Waals surface area contributed by atoms with Gasteiger partial charge < -0.3 is 9.52 Å². The van der Waals surface area contributed by atoms with Crippen LogP contribution in [0.2, 0.25) is 0 Å². The van der Waals surface area contributed by atoms with E-state index < -0.39 is 6.10 Å². The highest BCUT2D eigenvalue weighted by Gasteiger charge is 2.05. The molecule has 0 amide bonds. The zero-order valence-corrected chi connectivity index (χ0v) is 11.9. The molecular formula is C15H15BrO2. The summed E-state index contributed by atoms with van der Waals surface area (Å²) in [4.78, 5) is 0. The van der Waals surface area contributed by atoms with Gasteiger partial charge in [0.25, 0.3) is 0 Å². The van der Waals surface area contributed by atoms with Crippen LogP contribution in [-0.2, 0) is 0 Å². The molecule has 0 saturated carbocycles. The SMILES string of the molecule is C/C(=C\c1ccc(-c2ccc(Br)cc2)o1)C(C)O. The van der Waals surface area contributed by atoms with Gasteiger partial charge in [-0.05, 0) is 49.8 Å². The molecule has 18 heavy (non-hydrogen) atoms. The second-order valence-electron chi connectivity index (χ2n) is 4.27. The summed E-state index contributed by atoms with van der Waals surface area (Å²) in [7, 11) is 0. The van der Waals surface area contributed by atoms with Crippen molar-refractivity contribution in [2.24, 2.45) is 0 Å². The number of rotatable bonds is 3. The smallest absolute Gasteiger partial charge is 0.134 e. The van der Waals surface area contributed by atoms with Crippen LogP contribution in [0.15, 0.2) is 50.9 Å². The number of halogens is 1. The predicted molar refractivity (Wildman–Crippen MR) is 77.2 cm³/mol. The maximum absolute atomic E-state index is 9.42. The van der Waals surface area contributed by atoms with Crippen LogP contribution >= 0.6 is 15.9 Å². The van der Waals surface area contributed by atoms with Crippen LogP contribution < -0.4 is 0 Å². The minimum absolute atomic E-state index is 0.453. The lowest BCUT2D eigenvalue weighted by Gasteiger charge is -2.02. The Hall–Kier alpha value is -1.32. The predicted octanol–water partition coefficient (Wildman–Crippen LogP) is 4.49. The second kappa shape index (κ2) is 5.55. The Morgan fingerprint density at radius 1 is 1.22 bits per heavy atom. The van der Waals surface area contributed by atoms with E-state index in [9.17, 15) is 5.11 Å². The fourth-order valence-electron chi connectivity index (χ4n) is 1.54. The lowest BCUT2D eigenvalue weighted by Crippen LogP contribution is -1.99. The maximum Gasteiger partial charge on any atom is 0.134 e. The van der Waals surface area contributed by atoms with E-state index in [0.717, 1.165) is 27.1 Å². The van der Waals surface area contributed by atoms with Crippen LogP contribution in [0.1, 0.15) is 19.6 Å². The fourth-order valence-corrected chi connectivity index (χ4v) is 1.81. The third-order valence-electron chi connectivity index (χ3n) is 2.78. The summed E-state index contributed by atoms with van der Waals surface area (Å²) in [6.45, 7) is 3.62. The normalized spacial score (nSPS) is 13.7. The van der Waals surface area contributed by atoms with Crippen LogP contribution in [0.4, 0.5) is 0 Å². The van der Waals surface area contributed by atoms with E-state index in [1.807, 2.05) is 49.4 Å². The zero-order chi connectivity index (χ0) is 13.1. The van der Waals surface area contributed by atoms with Gasteiger partial charge in [0.2, 0.25) is 0 Å². The quantitative estimate of drug-likeness (QED) is 0.906. The highest BCUT2D eigenvalue weighted by molar-refractivity contribution is 9.10. The summed E-state index contributed by atoms with van der Waals surface area (Å²) in [5.74, 6) is 1.58. The van der Waals surface area contributed by atoms with Gasteiger partial charge in [-0.2, -0.15) is 0 Å². The summed E-state index contributed by atoms with van der Waals surface area (Å²) in [5, 5.41) is 9.42. The Labute approximate surface area is 115 Å². The lowest BCUT2D eigenvalue weighted by molar-refractivity contribution is 0.232. The molecule has 0 saturated heterocycles. The number of benzene rings is 1. The van der Waals surface area contributed by atoms with Crippen LogP contribution in [-0.4, -0.2) is 11.2 Å². The Morgan fingerprint density at radius 2 is 1.89 bits per heavy atom. The number of hydrogen-bond donors (Lipinski definition) is 1. The Bertz CT molecular complexity index is 550. The second-order valence-corrected chi connectivity index (χ2v) is 5.19. The fraction of sp³-hybridized carbons (Fsp3) is 0.200. The largest absolute Gasteiger partial charge is 0.457 e. The Kier molecular flexibility index (Phi) is 4.04. The number of aliphatic hydroxyl groups excluding tert-OH is 1. The molecule has 1 heterocycles. The molecule has 1 aromatic carbocycles. The highest BCUT2D eigenvalue weighted by atomic mass is 79.9. The van der Waals surface area contributed by atoms with Crippen molar-refractivity contribution in [2.75, 3.05) is 0 Å². The Morgan fingerprint density at radius 3 is 2.50 bits per heavy atom.